The summed E-state index contributed by atoms with van der Waals surface area (Å²) in [4.78, 5) is 12.6. The summed E-state index contributed by atoms with van der Waals surface area (Å²) in [7, 11) is 0. The molecule has 2 N–H and O–H groups in total. The molecule has 1 aliphatic heterocycles. The second kappa shape index (κ2) is 4.31. The zero-order valence-corrected chi connectivity index (χ0v) is 8.22. The molecule has 0 saturated carbocycles. The Morgan fingerprint density at radius 3 is 3.20 bits per heavy atom. The lowest BCUT2D eigenvalue weighted by Gasteiger charge is -2.26. The number of carboxylic acids is 1. The Morgan fingerprint density at radius 1 is 1.80 bits per heavy atom. The van der Waals surface area contributed by atoms with Crippen LogP contribution in [0.3, 0.4) is 0 Å². The number of H-pyrrole nitrogens is 1. The Hall–Kier alpha value is -1.56. The Morgan fingerprint density at radius 2 is 2.67 bits per heavy atom. The van der Waals surface area contributed by atoms with E-state index in [2.05, 4.69) is 10.2 Å². The molecule has 82 valence electrons. The molecule has 1 saturated heterocycles. The zero-order chi connectivity index (χ0) is 10.7. The smallest absolute Gasteiger partial charge is 0.323 e. The van der Waals surface area contributed by atoms with Gasteiger partial charge in [-0.1, -0.05) is 0 Å². The van der Waals surface area contributed by atoms with Gasteiger partial charge in [0.2, 0.25) is 0 Å². The summed E-state index contributed by atoms with van der Waals surface area (Å²) in [5.74, 6) is -0.844. The van der Waals surface area contributed by atoms with Crippen LogP contribution in [-0.2, 0) is 9.53 Å². The molecule has 1 atom stereocenters. The molecule has 15 heavy (non-hydrogen) atoms. The summed E-state index contributed by atoms with van der Waals surface area (Å²) in [6, 6.07) is 0.138. The maximum Gasteiger partial charge on any atom is 0.323 e. The van der Waals surface area contributed by atoms with Crippen LogP contribution in [-0.4, -0.2) is 47.1 Å². The van der Waals surface area contributed by atoms with Gasteiger partial charge in [0.05, 0.1) is 24.5 Å². The van der Waals surface area contributed by atoms with Crippen LogP contribution in [0, 0.1) is 0 Å². The monoisotopic (exact) mass is 211 g/mol. The predicted octanol–water partition coefficient (Wildman–Crippen LogP) is 0.0896. The van der Waals surface area contributed by atoms with Crippen LogP contribution in [0.15, 0.2) is 12.4 Å². The number of carboxylic acid groups (broad SMARTS) is 1. The molecule has 1 aromatic heterocycles. The van der Waals surface area contributed by atoms with Crippen LogP contribution in [0.2, 0.25) is 0 Å². The molecule has 0 bridgehead atoms. The molecule has 0 aliphatic carbocycles. The number of nitrogens with zero attached hydrogens (tertiary/aromatic N) is 2. The van der Waals surface area contributed by atoms with Gasteiger partial charge in [0.15, 0.2) is 0 Å². The van der Waals surface area contributed by atoms with Crippen LogP contribution >= 0.6 is 0 Å². The molecule has 0 amide bonds. The molecule has 1 fully saturated rings. The Kier molecular flexibility index (Phi) is 2.86. The molecule has 0 aromatic carbocycles. The van der Waals surface area contributed by atoms with E-state index in [9.17, 15) is 4.79 Å². The van der Waals surface area contributed by atoms with E-state index in [1.165, 1.54) is 0 Å². The summed E-state index contributed by atoms with van der Waals surface area (Å²) in [5.41, 5.74) is 0.799. The molecule has 1 unspecified atom stereocenters. The van der Waals surface area contributed by atoms with Crippen molar-refractivity contribution in [2.24, 2.45) is 0 Å². The fraction of sp³-hybridized carbons (Fsp3) is 0.556. The van der Waals surface area contributed by atoms with Crippen molar-refractivity contribution in [1.82, 2.24) is 10.2 Å². The quantitative estimate of drug-likeness (QED) is 0.738. The summed E-state index contributed by atoms with van der Waals surface area (Å²) >= 11 is 0. The molecular weight excluding hydrogens is 198 g/mol. The lowest BCUT2D eigenvalue weighted by molar-refractivity contribution is -0.135. The van der Waals surface area contributed by atoms with Gasteiger partial charge in [0, 0.05) is 12.8 Å². The third-order valence-corrected chi connectivity index (χ3v) is 2.47. The first-order valence-electron chi connectivity index (χ1n) is 4.82. The first kappa shape index (κ1) is 9.97. The number of rotatable bonds is 4. The van der Waals surface area contributed by atoms with Crippen molar-refractivity contribution in [1.29, 1.82) is 0 Å². The van der Waals surface area contributed by atoms with Gasteiger partial charge in [-0.25, -0.2) is 0 Å². The number of aromatic nitrogens is 2. The Balaban J connectivity index is 2.12. The van der Waals surface area contributed by atoms with Gasteiger partial charge in [-0.05, 0) is 6.42 Å². The van der Waals surface area contributed by atoms with Gasteiger partial charge < -0.3 is 14.7 Å². The van der Waals surface area contributed by atoms with Gasteiger partial charge in [-0.2, -0.15) is 5.10 Å². The topological polar surface area (TPSA) is 78.5 Å². The molecule has 0 spiro atoms. The Bertz CT molecular complexity index is 319. The van der Waals surface area contributed by atoms with Crippen molar-refractivity contribution in [2.75, 3.05) is 24.7 Å². The maximum absolute atomic E-state index is 10.7. The second-order valence-corrected chi connectivity index (χ2v) is 3.50. The van der Waals surface area contributed by atoms with E-state index >= 15 is 0 Å². The first-order chi connectivity index (χ1) is 7.27. The first-order valence-corrected chi connectivity index (χ1v) is 4.82. The minimum atomic E-state index is -0.844. The number of ether oxygens (including phenoxy) is 1. The molecule has 2 rings (SSSR count). The van der Waals surface area contributed by atoms with E-state index in [1.54, 1.807) is 17.3 Å². The van der Waals surface area contributed by atoms with Gasteiger partial charge in [-0.15, -0.1) is 0 Å². The van der Waals surface area contributed by atoms with Gasteiger partial charge >= 0.3 is 5.97 Å². The molecule has 0 radical (unpaired) electrons. The molecule has 1 aromatic rings. The predicted molar refractivity (Wildman–Crippen MR) is 52.8 cm³/mol. The number of aromatic amines is 1. The van der Waals surface area contributed by atoms with E-state index in [-0.39, 0.29) is 12.6 Å². The molecule has 6 heteroatoms. The van der Waals surface area contributed by atoms with Crippen molar-refractivity contribution < 1.29 is 14.6 Å². The summed E-state index contributed by atoms with van der Waals surface area (Å²) in [6.07, 6.45) is 4.18. The van der Waals surface area contributed by atoms with E-state index in [0.29, 0.717) is 13.2 Å². The van der Waals surface area contributed by atoms with Gasteiger partial charge in [0.1, 0.15) is 6.54 Å². The fourth-order valence-corrected chi connectivity index (χ4v) is 1.75. The largest absolute Gasteiger partial charge is 0.480 e. The lowest BCUT2D eigenvalue weighted by Crippen LogP contribution is -2.39. The highest BCUT2D eigenvalue weighted by atomic mass is 16.5. The van der Waals surface area contributed by atoms with Crippen LogP contribution in [0.1, 0.15) is 6.42 Å². The van der Waals surface area contributed by atoms with Crippen LogP contribution < -0.4 is 4.90 Å². The second-order valence-electron chi connectivity index (χ2n) is 3.50. The molecule has 2 heterocycles. The van der Waals surface area contributed by atoms with Crippen molar-refractivity contribution in [3.63, 3.8) is 0 Å². The number of hydrogen-bond donors (Lipinski definition) is 2. The standard InChI is InChI=1S/C9H13N3O3/c13-9(14)5-12(7-1-2-15-6-7)8-3-10-11-4-8/h3-4,7H,1-2,5-6H2,(H,10,11)(H,13,14). The number of nitrogens with one attached hydrogen (secondary N) is 1. The SMILES string of the molecule is O=C(O)CN(c1cn[nH]c1)C1CCOC1. The minimum Gasteiger partial charge on any atom is -0.480 e. The number of aliphatic carboxylic acids is 1. The highest BCUT2D eigenvalue weighted by Crippen LogP contribution is 2.19. The Labute approximate surface area is 86.8 Å². The molecule has 1 aliphatic rings. The van der Waals surface area contributed by atoms with Gasteiger partial charge in [-0.3, -0.25) is 9.89 Å². The van der Waals surface area contributed by atoms with Crippen molar-refractivity contribution in [2.45, 2.75) is 12.5 Å². The third kappa shape index (κ3) is 2.27. The summed E-state index contributed by atoms with van der Waals surface area (Å²) in [5, 5.41) is 15.3. The molecular formula is C9H13N3O3. The van der Waals surface area contributed by atoms with Crippen LogP contribution in [0.4, 0.5) is 5.69 Å². The van der Waals surface area contributed by atoms with E-state index < -0.39 is 5.97 Å². The van der Waals surface area contributed by atoms with Crippen molar-refractivity contribution >= 4 is 11.7 Å². The normalized spacial score (nSPS) is 20.4. The van der Waals surface area contributed by atoms with E-state index in [4.69, 9.17) is 9.84 Å². The average Bonchev–Trinajstić information content (AvgIpc) is 2.87. The van der Waals surface area contributed by atoms with Gasteiger partial charge in [0.25, 0.3) is 0 Å². The highest BCUT2D eigenvalue weighted by Gasteiger charge is 2.25. The molecule has 6 nitrogen and oxygen atoms in total. The summed E-state index contributed by atoms with van der Waals surface area (Å²) < 4.78 is 5.25. The zero-order valence-electron chi connectivity index (χ0n) is 8.22. The number of anilines is 1. The third-order valence-electron chi connectivity index (χ3n) is 2.47. The number of hydrogen-bond acceptors (Lipinski definition) is 4. The maximum atomic E-state index is 10.7. The summed E-state index contributed by atoms with van der Waals surface area (Å²) in [6.45, 7) is 1.25. The van der Waals surface area contributed by atoms with Crippen LogP contribution in [0.25, 0.3) is 0 Å². The highest BCUT2D eigenvalue weighted by molar-refractivity contribution is 5.73. The fourth-order valence-electron chi connectivity index (χ4n) is 1.75. The van der Waals surface area contributed by atoms with Crippen molar-refractivity contribution in [3.05, 3.63) is 12.4 Å². The van der Waals surface area contributed by atoms with E-state index in [0.717, 1.165) is 12.1 Å². The minimum absolute atomic E-state index is 0.0203. The van der Waals surface area contributed by atoms with E-state index in [1.807, 2.05) is 0 Å². The van der Waals surface area contributed by atoms with Crippen molar-refractivity contribution in [3.8, 4) is 0 Å². The van der Waals surface area contributed by atoms with Crippen LogP contribution in [0.5, 0.6) is 0 Å². The lowest BCUT2D eigenvalue weighted by atomic mass is 10.2. The number of carbonyl (C=O) groups is 1. The average molecular weight is 211 g/mol.